The van der Waals surface area contributed by atoms with Crippen LogP contribution in [0.15, 0.2) is 18.3 Å². The summed E-state index contributed by atoms with van der Waals surface area (Å²) in [7, 11) is 0. The Labute approximate surface area is 100 Å². The predicted molar refractivity (Wildman–Crippen MR) is 62.4 cm³/mol. The zero-order valence-electron chi connectivity index (χ0n) is 9.93. The van der Waals surface area contributed by atoms with Gasteiger partial charge < -0.3 is 10.1 Å². The Morgan fingerprint density at radius 1 is 1.65 bits per heavy atom. The van der Waals surface area contributed by atoms with Gasteiger partial charge in [-0.3, -0.25) is 4.79 Å². The SMILES string of the molecule is CCOC(C)CNC(=O)c1ccc(C#N)cn1. The van der Waals surface area contributed by atoms with Crippen molar-refractivity contribution in [2.45, 2.75) is 20.0 Å². The molecule has 0 aliphatic carbocycles. The van der Waals surface area contributed by atoms with Crippen molar-refractivity contribution in [2.24, 2.45) is 0 Å². The number of nitrogens with one attached hydrogen (secondary N) is 1. The summed E-state index contributed by atoms with van der Waals surface area (Å²) in [5, 5.41) is 11.3. The maximum absolute atomic E-state index is 11.6. The first-order chi connectivity index (χ1) is 8.17. The van der Waals surface area contributed by atoms with Gasteiger partial charge in [0.2, 0.25) is 0 Å². The first-order valence-electron chi connectivity index (χ1n) is 5.43. The Morgan fingerprint density at radius 3 is 2.94 bits per heavy atom. The van der Waals surface area contributed by atoms with Gasteiger partial charge in [-0.15, -0.1) is 0 Å². The molecule has 1 rings (SSSR count). The molecule has 5 nitrogen and oxygen atoms in total. The number of hydrogen-bond acceptors (Lipinski definition) is 4. The van der Waals surface area contributed by atoms with Gasteiger partial charge in [0.1, 0.15) is 11.8 Å². The Hall–Kier alpha value is -1.93. The van der Waals surface area contributed by atoms with Crippen molar-refractivity contribution in [3.8, 4) is 6.07 Å². The molecule has 90 valence electrons. The molecule has 1 aromatic heterocycles. The largest absolute Gasteiger partial charge is 0.377 e. The Balaban J connectivity index is 2.50. The monoisotopic (exact) mass is 233 g/mol. The number of carbonyl (C=O) groups is 1. The number of pyridine rings is 1. The second-order valence-electron chi connectivity index (χ2n) is 3.52. The first kappa shape index (κ1) is 13.1. The third-order valence-electron chi connectivity index (χ3n) is 2.13. The van der Waals surface area contributed by atoms with E-state index in [0.717, 1.165) is 0 Å². The number of nitrogens with zero attached hydrogens (tertiary/aromatic N) is 2. The summed E-state index contributed by atoms with van der Waals surface area (Å²) >= 11 is 0. The van der Waals surface area contributed by atoms with Crippen molar-refractivity contribution < 1.29 is 9.53 Å². The van der Waals surface area contributed by atoms with Gasteiger partial charge in [-0.2, -0.15) is 5.26 Å². The van der Waals surface area contributed by atoms with Gasteiger partial charge in [-0.05, 0) is 26.0 Å². The molecule has 0 bridgehead atoms. The van der Waals surface area contributed by atoms with E-state index < -0.39 is 0 Å². The van der Waals surface area contributed by atoms with Gasteiger partial charge in [0, 0.05) is 19.3 Å². The molecule has 0 saturated heterocycles. The molecule has 1 amide bonds. The lowest BCUT2D eigenvalue weighted by Gasteiger charge is -2.12. The van der Waals surface area contributed by atoms with Gasteiger partial charge in [-0.25, -0.2) is 4.98 Å². The van der Waals surface area contributed by atoms with Crippen molar-refractivity contribution in [3.63, 3.8) is 0 Å². The van der Waals surface area contributed by atoms with Crippen molar-refractivity contribution in [1.29, 1.82) is 5.26 Å². The summed E-state index contributed by atoms with van der Waals surface area (Å²) in [4.78, 5) is 15.5. The van der Waals surface area contributed by atoms with Crippen LogP contribution in [0.5, 0.6) is 0 Å². The molecular weight excluding hydrogens is 218 g/mol. The van der Waals surface area contributed by atoms with Crippen molar-refractivity contribution in [3.05, 3.63) is 29.6 Å². The van der Waals surface area contributed by atoms with Crippen LogP contribution in [0, 0.1) is 11.3 Å². The lowest BCUT2D eigenvalue weighted by atomic mass is 10.2. The van der Waals surface area contributed by atoms with Crippen LogP contribution in [0.25, 0.3) is 0 Å². The fourth-order valence-electron chi connectivity index (χ4n) is 1.26. The summed E-state index contributed by atoms with van der Waals surface area (Å²) in [5.74, 6) is -0.263. The molecule has 1 aromatic rings. The molecule has 0 saturated carbocycles. The van der Waals surface area contributed by atoms with Gasteiger partial charge in [0.15, 0.2) is 0 Å². The number of ether oxygens (including phenoxy) is 1. The van der Waals surface area contributed by atoms with E-state index in [1.165, 1.54) is 12.3 Å². The molecule has 0 fully saturated rings. The summed E-state index contributed by atoms with van der Waals surface area (Å²) in [6.45, 7) is 4.84. The van der Waals surface area contributed by atoms with Crippen LogP contribution in [0.4, 0.5) is 0 Å². The lowest BCUT2D eigenvalue weighted by molar-refractivity contribution is 0.0693. The number of rotatable bonds is 5. The molecule has 1 N–H and O–H groups in total. The summed E-state index contributed by atoms with van der Waals surface area (Å²) in [5.41, 5.74) is 0.733. The molecule has 17 heavy (non-hydrogen) atoms. The maximum Gasteiger partial charge on any atom is 0.269 e. The Bertz CT molecular complexity index is 409. The average molecular weight is 233 g/mol. The summed E-state index contributed by atoms with van der Waals surface area (Å²) in [6, 6.07) is 5.04. The summed E-state index contributed by atoms with van der Waals surface area (Å²) in [6.07, 6.45) is 1.35. The average Bonchev–Trinajstić information content (AvgIpc) is 2.36. The van der Waals surface area contributed by atoms with Crippen LogP contribution in [0.1, 0.15) is 29.9 Å². The highest BCUT2D eigenvalue weighted by atomic mass is 16.5. The van der Waals surface area contributed by atoms with Crippen molar-refractivity contribution in [1.82, 2.24) is 10.3 Å². The summed E-state index contributed by atoms with van der Waals surface area (Å²) < 4.78 is 5.29. The molecule has 1 unspecified atom stereocenters. The quantitative estimate of drug-likeness (QED) is 0.826. The fourth-order valence-corrected chi connectivity index (χ4v) is 1.26. The highest BCUT2D eigenvalue weighted by Crippen LogP contribution is 1.99. The third-order valence-corrected chi connectivity index (χ3v) is 2.13. The van der Waals surface area contributed by atoms with Crippen molar-refractivity contribution in [2.75, 3.05) is 13.2 Å². The van der Waals surface area contributed by atoms with Crippen LogP contribution < -0.4 is 5.32 Å². The van der Waals surface area contributed by atoms with E-state index in [1.807, 2.05) is 19.9 Å². The minimum atomic E-state index is -0.263. The molecule has 0 radical (unpaired) electrons. The van der Waals surface area contributed by atoms with E-state index >= 15 is 0 Å². The zero-order chi connectivity index (χ0) is 12.7. The standard InChI is InChI=1S/C12H15N3O2/c1-3-17-9(2)7-15-12(16)11-5-4-10(6-13)8-14-11/h4-5,8-9H,3,7H2,1-2H3,(H,15,16). The second kappa shape index (κ2) is 6.61. The number of nitriles is 1. The minimum absolute atomic E-state index is 0.0256. The maximum atomic E-state index is 11.6. The van der Waals surface area contributed by atoms with E-state index in [9.17, 15) is 4.79 Å². The predicted octanol–water partition coefficient (Wildman–Crippen LogP) is 1.11. The lowest BCUT2D eigenvalue weighted by Crippen LogP contribution is -2.32. The van der Waals surface area contributed by atoms with E-state index in [1.54, 1.807) is 6.07 Å². The van der Waals surface area contributed by atoms with Gasteiger partial charge in [0.25, 0.3) is 5.91 Å². The van der Waals surface area contributed by atoms with Gasteiger partial charge >= 0.3 is 0 Å². The molecule has 1 atom stereocenters. The normalized spacial score (nSPS) is 11.6. The molecule has 0 aliphatic heterocycles. The minimum Gasteiger partial charge on any atom is -0.377 e. The van der Waals surface area contributed by atoms with E-state index in [-0.39, 0.29) is 12.0 Å². The second-order valence-corrected chi connectivity index (χ2v) is 3.52. The topological polar surface area (TPSA) is 75.0 Å². The van der Waals surface area contributed by atoms with E-state index in [2.05, 4.69) is 10.3 Å². The first-order valence-corrected chi connectivity index (χ1v) is 5.43. The van der Waals surface area contributed by atoms with Crippen molar-refractivity contribution >= 4 is 5.91 Å². The highest BCUT2D eigenvalue weighted by Gasteiger charge is 2.08. The zero-order valence-corrected chi connectivity index (χ0v) is 9.93. The fraction of sp³-hybridized carbons (Fsp3) is 0.417. The van der Waals surface area contributed by atoms with Gasteiger partial charge in [-0.1, -0.05) is 0 Å². The number of aromatic nitrogens is 1. The highest BCUT2D eigenvalue weighted by molar-refractivity contribution is 5.92. The number of hydrogen-bond donors (Lipinski definition) is 1. The molecule has 5 heteroatoms. The van der Waals surface area contributed by atoms with Crippen LogP contribution in [0.3, 0.4) is 0 Å². The van der Waals surface area contributed by atoms with Crippen LogP contribution in [-0.2, 0) is 4.74 Å². The number of carbonyl (C=O) groups excluding carboxylic acids is 1. The molecule has 1 heterocycles. The Morgan fingerprint density at radius 2 is 2.41 bits per heavy atom. The van der Waals surface area contributed by atoms with Crippen LogP contribution >= 0.6 is 0 Å². The van der Waals surface area contributed by atoms with Crippen LogP contribution in [0.2, 0.25) is 0 Å². The third kappa shape index (κ3) is 4.21. The van der Waals surface area contributed by atoms with E-state index in [4.69, 9.17) is 10.00 Å². The molecule has 0 aromatic carbocycles. The molecule has 0 aliphatic rings. The Kier molecular flexibility index (Phi) is 5.11. The van der Waals surface area contributed by atoms with Gasteiger partial charge in [0.05, 0.1) is 11.7 Å². The smallest absolute Gasteiger partial charge is 0.269 e. The molecular formula is C12H15N3O2. The molecule has 0 spiro atoms. The van der Waals surface area contributed by atoms with Crippen LogP contribution in [-0.4, -0.2) is 30.1 Å². The number of amides is 1. The van der Waals surface area contributed by atoms with E-state index in [0.29, 0.717) is 24.4 Å².